The molecule has 0 aromatic heterocycles. The summed E-state index contributed by atoms with van der Waals surface area (Å²) >= 11 is 0. The van der Waals surface area contributed by atoms with Crippen molar-refractivity contribution in [1.82, 2.24) is 0 Å². The molecule has 19 heavy (non-hydrogen) atoms. The van der Waals surface area contributed by atoms with Crippen molar-refractivity contribution in [3.05, 3.63) is 41.5 Å². The summed E-state index contributed by atoms with van der Waals surface area (Å²) in [5.74, 6) is 0. The van der Waals surface area contributed by atoms with Gasteiger partial charge in [-0.2, -0.15) is 0 Å². The van der Waals surface area contributed by atoms with E-state index in [0.29, 0.717) is 5.56 Å². The third-order valence-electron chi connectivity index (χ3n) is 1.93. The number of nitriles is 3. The second-order valence-electron chi connectivity index (χ2n) is 3.57. The molecule has 1 aromatic rings. The number of nitrogens with zero attached hydrogens (tertiary/aromatic N) is 3. The Hall–Kier alpha value is -2.64. The molecule has 1 rings (SSSR count). The molecule has 3 nitrogen and oxygen atoms in total. The summed E-state index contributed by atoms with van der Waals surface area (Å²) in [4.78, 5) is 0. The molecule has 0 aliphatic rings. The quantitative estimate of drug-likeness (QED) is 0.596. The Balaban J connectivity index is 0.00000110. The van der Waals surface area contributed by atoms with E-state index in [1.807, 2.05) is 6.07 Å². The summed E-state index contributed by atoms with van der Waals surface area (Å²) in [5.41, 5.74) is 0.601. The van der Waals surface area contributed by atoms with E-state index in [4.69, 9.17) is 17.1 Å². The Bertz CT molecular complexity index is 597. The van der Waals surface area contributed by atoms with Crippen LogP contribution in [0.3, 0.4) is 0 Å². The van der Waals surface area contributed by atoms with E-state index < -0.39 is 0 Å². The van der Waals surface area contributed by atoms with Gasteiger partial charge < -0.3 is 0 Å². The van der Waals surface area contributed by atoms with Crippen molar-refractivity contribution in [2.24, 2.45) is 0 Å². The van der Waals surface area contributed by atoms with Crippen LogP contribution in [0.2, 0.25) is 0 Å². The normalized spacial score (nSPS) is 9.21. The van der Waals surface area contributed by atoms with E-state index in [0.717, 1.165) is 7.45 Å². The van der Waals surface area contributed by atoms with Crippen molar-refractivity contribution < 1.29 is 0 Å². The number of benzene rings is 1. The number of rotatable bonds is 2. The van der Waals surface area contributed by atoms with Crippen LogP contribution in [-0.4, -0.2) is 14.3 Å². The van der Waals surface area contributed by atoms with Crippen LogP contribution < -0.4 is 0 Å². The van der Waals surface area contributed by atoms with Crippen LogP contribution in [0.5, 0.6) is 0 Å². The van der Waals surface area contributed by atoms with Gasteiger partial charge >= 0.3 is 95.3 Å². The zero-order chi connectivity index (χ0) is 15.4. The molecule has 0 aliphatic carbocycles. The molecule has 0 spiro atoms. The average Bonchev–Trinajstić information content (AvgIpc) is 2.49. The van der Waals surface area contributed by atoms with Crippen molar-refractivity contribution in [3.8, 4) is 18.2 Å². The fraction of sp³-hybridized carbons (Fsp3) is 0.200. The van der Waals surface area contributed by atoms with Gasteiger partial charge in [0.05, 0.1) is 0 Å². The number of hydrogen-bond acceptors (Lipinski definition) is 3. The summed E-state index contributed by atoms with van der Waals surface area (Å²) in [6.45, 7) is 4.25. The molecule has 0 bridgehead atoms. The standard InChI is InChI=1S/C12H6BN3.C3H8/c13-11(8-16)12(10(6-14)7-15)9-4-2-1-3-5-9;1-3-2/h1-5,13H;3H2,1-2H3/i13D;. The van der Waals surface area contributed by atoms with Gasteiger partial charge in [-0.25, -0.2) is 0 Å². The average molecular weight is 248 g/mol. The molecule has 0 N–H and O–H groups in total. The second kappa shape index (κ2) is 9.40. The predicted molar refractivity (Wildman–Crippen MR) is 78.3 cm³/mol. The van der Waals surface area contributed by atoms with Gasteiger partial charge in [0.15, 0.2) is 0 Å². The third kappa shape index (κ3) is 5.03. The summed E-state index contributed by atoms with van der Waals surface area (Å²) in [6, 6.07) is 13.9. The van der Waals surface area contributed by atoms with E-state index >= 15 is 0 Å². The van der Waals surface area contributed by atoms with Crippen LogP contribution in [0.25, 0.3) is 5.57 Å². The van der Waals surface area contributed by atoms with E-state index in [9.17, 15) is 0 Å². The first-order valence-electron chi connectivity index (χ1n) is 6.36. The minimum atomic E-state index is -0.170. The first-order chi connectivity index (χ1) is 9.69. The molecule has 0 unspecified atom stereocenters. The molecule has 0 fully saturated rings. The van der Waals surface area contributed by atoms with Crippen LogP contribution in [0.15, 0.2) is 35.9 Å². The van der Waals surface area contributed by atoms with Crippen molar-refractivity contribution >= 4 is 18.5 Å². The summed E-state index contributed by atoms with van der Waals surface area (Å²) < 4.78 is 7.15. The Labute approximate surface area is 116 Å². The third-order valence-corrected chi connectivity index (χ3v) is 1.93. The number of allylic oxidation sites excluding steroid dienone is 2. The van der Waals surface area contributed by atoms with E-state index in [1.54, 1.807) is 42.5 Å². The fourth-order valence-corrected chi connectivity index (χ4v) is 1.23. The molecular weight excluding hydrogens is 233 g/mol. The molecule has 1 aromatic carbocycles. The van der Waals surface area contributed by atoms with Crippen LogP contribution in [0, 0.1) is 34.0 Å². The van der Waals surface area contributed by atoms with Gasteiger partial charge in [0.1, 0.15) is 0 Å². The van der Waals surface area contributed by atoms with E-state index in [-0.39, 0.29) is 16.6 Å². The van der Waals surface area contributed by atoms with E-state index in [1.165, 1.54) is 6.42 Å². The molecule has 0 radical (unpaired) electrons. The molecule has 0 saturated carbocycles. The fourth-order valence-electron chi connectivity index (χ4n) is 1.23. The molecule has 0 saturated heterocycles. The zero-order valence-electron chi connectivity index (χ0n) is 12.0. The zero-order valence-corrected chi connectivity index (χ0v) is 11.0. The van der Waals surface area contributed by atoms with Gasteiger partial charge in [0.2, 0.25) is 0 Å². The van der Waals surface area contributed by atoms with Crippen molar-refractivity contribution in [3.63, 3.8) is 0 Å². The SMILES string of the molecule is CCC.[2H]B=C(C#N)C(=C(C#N)C#N)c1ccccc1. The van der Waals surface area contributed by atoms with Gasteiger partial charge in [0, 0.05) is 0 Å². The molecular formula is C15H14BN3. The van der Waals surface area contributed by atoms with Gasteiger partial charge in [-0.05, 0) is 0 Å². The first-order valence-corrected chi connectivity index (χ1v) is 5.78. The molecule has 0 atom stereocenters. The maximum atomic E-state index is 8.91. The Morgan fingerprint density at radius 1 is 1.11 bits per heavy atom. The van der Waals surface area contributed by atoms with Gasteiger partial charge in [-0.3, -0.25) is 0 Å². The van der Waals surface area contributed by atoms with Crippen molar-refractivity contribution in [2.75, 3.05) is 0 Å². The molecule has 4 heteroatoms. The minimum absolute atomic E-state index is 0.00528. The Morgan fingerprint density at radius 2 is 1.63 bits per heavy atom. The topological polar surface area (TPSA) is 71.4 Å². The Kier molecular flexibility index (Phi) is 7.14. The van der Waals surface area contributed by atoms with Crippen LogP contribution in [0.4, 0.5) is 0 Å². The summed E-state index contributed by atoms with van der Waals surface area (Å²) in [5, 5.41) is 26.6. The summed E-state index contributed by atoms with van der Waals surface area (Å²) in [7, 11) is 0.844. The Morgan fingerprint density at radius 3 is 2.00 bits per heavy atom. The van der Waals surface area contributed by atoms with Crippen molar-refractivity contribution in [2.45, 2.75) is 20.3 Å². The van der Waals surface area contributed by atoms with Gasteiger partial charge in [-0.15, -0.1) is 0 Å². The maximum absolute atomic E-state index is 8.91. The van der Waals surface area contributed by atoms with Crippen LogP contribution in [0.1, 0.15) is 25.8 Å². The number of hydrogen-bond donors (Lipinski definition) is 0. The van der Waals surface area contributed by atoms with Gasteiger partial charge in [0.25, 0.3) is 0 Å². The van der Waals surface area contributed by atoms with Crippen molar-refractivity contribution in [1.29, 1.82) is 17.1 Å². The molecule has 0 heterocycles. The van der Waals surface area contributed by atoms with Gasteiger partial charge in [-0.1, -0.05) is 20.3 Å². The summed E-state index contributed by atoms with van der Waals surface area (Å²) in [6.07, 6.45) is 1.25. The first kappa shape index (κ1) is 14.4. The predicted octanol–water partition coefficient (Wildman–Crippen LogP) is 2.50. The van der Waals surface area contributed by atoms with Crippen LogP contribution in [-0.2, 0) is 0 Å². The molecule has 0 aliphatic heterocycles. The molecule has 92 valence electrons. The second-order valence-corrected chi connectivity index (χ2v) is 3.57. The van der Waals surface area contributed by atoms with Crippen LogP contribution >= 0.6 is 0 Å². The monoisotopic (exact) mass is 248 g/mol. The molecule has 0 amide bonds. The van der Waals surface area contributed by atoms with E-state index in [2.05, 4.69) is 13.8 Å².